The minimum absolute atomic E-state index is 0.0117. The van der Waals surface area contributed by atoms with Crippen LogP contribution in [0.2, 0.25) is 0 Å². The molecule has 4 heterocycles. The number of benzene rings is 2. The summed E-state index contributed by atoms with van der Waals surface area (Å²) in [6, 6.07) is 9.14. The minimum Gasteiger partial charge on any atom is -0.358 e. The van der Waals surface area contributed by atoms with Crippen molar-refractivity contribution in [2.24, 2.45) is 0 Å². The third-order valence-corrected chi connectivity index (χ3v) is 7.74. The molecule has 2 aromatic carbocycles. The molecule has 1 fully saturated rings. The number of aromatic amines is 1. The van der Waals surface area contributed by atoms with E-state index in [1.54, 1.807) is 24.3 Å². The largest absolute Gasteiger partial charge is 0.358 e. The van der Waals surface area contributed by atoms with Crippen molar-refractivity contribution in [2.45, 2.75) is 26.2 Å². The summed E-state index contributed by atoms with van der Waals surface area (Å²) in [5.41, 5.74) is 4.91. The Morgan fingerprint density at radius 1 is 0.946 bits per heavy atom. The first-order valence-corrected chi connectivity index (χ1v) is 12.8. The SMILES string of the molecule is Cc1c(/C=C2\C(=O)Nc3cccc(-c4cccc(F)c4F)c32)[nH]c2c1C(=O)N(CCN1CCCC1)CC2. The van der Waals surface area contributed by atoms with Crippen molar-refractivity contribution >= 4 is 29.2 Å². The fourth-order valence-corrected chi connectivity index (χ4v) is 5.76. The fourth-order valence-electron chi connectivity index (χ4n) is 5.76. The Morgan fingerprint density at radius 3 is 2.51 bits per heavy atom. The molecular weight excluding hydrogens is 474 g/mol. The molecular formula is C29H28F2N4O2. The van der Waals surface area contributed by atoms with Crippen LogP contribution in [0.3, 0.4) is 0 Å². The van der Waals surface area contributed by atoms with Crippen molar-refractivity contribution in [3.05, 3.63) is 76.1 Å². The lowest BCUT2D eigenvalue weighted by Gasteiger charge is -2.29. The van der Waals surface area contributed by atoms with E-state index < -0.39 is 11.6 Å². The van der Waals surface area contributed by atoms with Crippen molar-refractivity contribution in [2.75, 3.05) is 38.0 Å². The van der Waals surface area contributed by atoms with E-state index in [0.29, 0.717) is 53.2 Å². The second-order valence-electron chi connectivity index (χ2n) is 9.95. The molecule has 0 unspecified atom stereocenters. The predicted molar refractivity (Wildman–Crippen MR) is 139 cm³/mol. The standard InChI is InChI=1S/C29H28F2N4O2/c1-17-24(32-23-10-13-35(29(37)25(17)23)15-14-34-11-2-3-12-34)16-20-26-18(6-5-9-22(26)33-28(20)36)19-7-4-8-21(30)27(19)31/h4-9,16,32H,2-3,10-15H2,1H3,(H,33,36)/b20-16-. The molecule has 6 nitrogen and oxygen atoms in total. The molecule has 1 aromatic heterocycles. The average molecular weight is 503 g/mol. The number of anilines is 1. The highest BCUT2D eigenvalue weighted by molar-refractivity contribution is 6.36. The Balaban J connectivity index is 1.35. The Hall–Kier alpha value is -3.78. The molecule has 0 aliphatic carbocycles. The van der Waals surface area contributed by atoms with Crippen LogP contribution in [0.1, 0.15) is 45.7 Å². The summed E-state index contributed by atoms with van der Waals surface area (Å²) < 4.78 is 28.7. The molecule has 0 atom stereocenters. The summed E-state index contributed by atoms with van der Waals surface area (Å²) in [6.45, 7) is 6.32. The van der Waals surface area contributed by atoms with Gasteiger partial charge in [-0.1, -0.05) is 24.3 Å². The van der Waals surface area contributed by atoms with Crippen LogP contribution < -0.4 is 5.32 Å². The van der Waals surface area contributed by atoms with Crippen LogP contribution in [0.5, 0.6) is 0 Å². The van der Waals surface area contributed by atoms with Gasteiger partial charge in [-0.25, -0.2) is 8.78 Å². The molecule has 8 heteroatoms. The van der Waals surface area contributed by atoms with Crippen molar-refractivity contribution in [3.8, 4) is 11.1 Å². The van der Waals surface area contributed by atoms with Gasteiger partial charge in [0.1, 0.15) is 0 Å². The lowest BCUT2D eigenvalue weighted by Crippen LogP contribution is -2.42. The first-order valence-electron chi connectivity index (χ1n) is 12.8. The molecule has 3 aromatic rings. The van der Waals surface area contributed by atoms with Crippen LogP contribution in [-0.2, 0) is 11.2 Å². The molecule has 6 rings (SSSR count). The van der Waals surface area contributed by atoms with Crippen molar-refractivity contribution in [1.29, 1.82) is 0 Å². The highest BCUT2D eigenvalue weighted by Gasteiger charge is 2.32. The van der Waals surface area contributed by atoms with E-state index in [1.165, 1.54) is 25.0 Å². The highest BCUT2D eigenvalue weighted by Crippen LogP contribution is 2.42. The Bertz CT molecular complexity index is 1450. The van der Waals surface area contributed by atoms with Gasteiger partial charge in [0.2, 0.25) is 0 Å². The topological polar surface area (TPSA) is 68.4 Å². The maximum absolute atomic E-state index is 14.7. The Kier molecular flexibility index (Phi) is 5.91. The molecule has 2 amide bonds. The van der Waals surface area contributed by atoms with E-state index >= 15 is 0 Å². The first-order chi connectivity index (χ1) is 17.9. The number of amides is 2. The predicted octanol–water partition coefficient (Wildman–Crippen LogP) is 4.86. The number of hydrogen-bond donors (Lipinski definition) is 2. The Labute approximate surface area is 214 Å². The lowest BCUT2D eigenvalue weighted by atomic mass is 9.93. The van der Waals surface area contributed by atoms with Crippen molar-refractivity contribution in [1.82, 2.24) is 14.8 Å². The van der Waals surface area contributed by atoms with Crippen LogP contribution in [0.25, 0.3) is 22.8 Å². The summed E-state index contributed by atoms with van der Waals surface area (Å²) in [5, 5.41) is 2.84. The number of rotatable bonds is 5. The molecule has 0 radical (unpaired) electrons. The maximum atomic E-state index is 14.7. The minimum atomic E-state index is -0.958. The van der Waals surface area contributed by atoms with E-state index in [0.717, 1.165) is 37.0 Å². The van der Waals surface area contributed by atoms with Gasteiger partial charge in [0.25, 0.3) is 11.8 Å². The number of H-pyrrole nitrogens is 1. The molecule has 3 aliphatic heterocycles. The van der Waals surface area contributed by atoms with Gasteiger partial charge in [0.05, 0.1) is 11.1 Å². The van der Waals surface area contributed by atoms with E-state index in [1.807, 2.05) is 11.8 Å². The number of nitrogens with zero attached hydrogens (tertiary/aromatic N) is 2. The molecule has 1 saturated heterocycles. The molecule has 0 bridgehead atoms. The van der Waals surface area contributed by atoms with E-state index in [9.17, 15) is 18.4 Å². The Morgan fingerprint density at radius 2 is 1.70 bits per heavy atom. The second kappa shape index (κ2) is 9.27. The number of nitrogens with one attached hydrogen (secondary N) is 2. The third-order valence-electron chi connectivity index (χ3n) is 7.74. The number of carbonyl (C=O) groups is 2. The van der Waals surface area contributed by atoms with E-state index in [4.69, 9.17) is 0 Å². The zero-order valence-electron chi connectivity index (χ0n) is 20.7. The van der Waals surface area contributed by atoms with Gasteiger partial charge in [-0.15, -0.1) is 0 Å². The quantitative estimate of drug-likeness (QED) is 0.490. The number of fused-ring (bicyclic) bond motifs is 2. The monoisotopic (exact) mass is 502 g/mol. The molecule has 0 spiro atoms. The first kappa shape index (κ1) is 23.6. The van der Waals surface area contributed by atoms with Gasteiger partial charge in [0, 0.05) is 54.3 Å². The summed E-state index contributed by atoms with van der Waals surface area (Å²) >= 11 is 0. The van der Waals surface area contributed by atoms with Gasteiger partial charge >= 0.3 is 0 Å². The molecule has 2 N–H and O–H groups in total. The number of carbonyl (C=O) groups excluding carboxylic acids is 2. The second-order valence-corrected chi connectivity index (χ2v) is 9.95. The van der Waals surface area contributed by atoms with Gasteiger partial charge in [-0.05, 0) is 62.2 Å². The number of hydrogen-bond acceptors (Lipinski definition) is 3. The van der Waals surface area contributed by atoms with Gasteiger partial charge in [-0.3, -0.25) is 9.59 Å². The summed E-state index contributed by atoms with van der Waals surface area (Å²) in [5.74, 6) is -2.22. The molecule has 0 saturated carbocycles. The number of likely N-dealkylation sites (tertiary alicyclic amines) is 1. The summed E-state index contributed by atoms with van der Waals surface area (Å²) in [6.07, 6.45) is 4.87. The average Bonchev–Trinajstić information content (AvgIpc) is 3.59. The smallest absolute Gasteiger partial charge is 0.256 e. The van der Waals surface area contributed by atoms with Crippen molar-refractivity contribution < 1.29 is 18.4 Å². The zero-order chi connectivity index (χ0) is 25.7. The van der Waals surface area contributed by atoms with Crippen LogP contribution in [0.15, 0.2) is 36.4 Å². The number of halogens is 2. The maximum Gasteiger partial charge on any atom is 0.256 e. The molecule has 190 valence electrons. The normalized spacial score (nSPS) is 18.5. The molecule has 37 heavy (non-hydrogen) atoms. The van der Waals surface area contributed by atoms with Gasteiger partial charge < -0.3 is 20.1 Å². The number of aromatic nitrogens is 1. The van der Waals surface area contributed by atoms with Gasteiger partial charge in [-0.2, -0.15) is 0 Å². The summed E-state index contributed by atoms with van der Waals surface area (Å²) in [4.78, 5) is 34.1. The summed E-state index contributed by atoms with van der Waals surface area (Å²) in [7, 11) is 0. The fraction of sp³-hybridized carbons (Fsp3) is 0.310. The van der Waals surface area contributed by atoms with E-state index in [2.05, 4.69) is 15.2 Å². The zero-order valence-corrected chi connectivity index (χ0v) is 20.7. The third kappa shape index (κ3) is 4.05. The van der Waals surface area contributed by atoms with Crippen molar-refractivity contribution in [3.63, 3.8) is 0 Å². The van der Waals surface area contributed by atoms with Crippen LogP contribution in [-0.4, -0.2) is 59.3 Å². The molecule has 3 aliphatic rings. The van der Waals surface area contributed by atoms with Crippen LogP contribution >= 0.6 is 0 Å². The van der Waals surface area contributed by atoms with Gasteiger partial charge in [0.15, 0.2) is 11.6 Å². The van der Waals surface area contributed by atoms with Crippen LogP contribution in [0, 0.1) is 18.6 Å². The van der Waals surface area contributed by atoms with E-state index in [-0.39, 0.29) is 17.4 Å². The lowest BCUT2D eigenvalue weighted by molar-refractivity contribution is -0.110. The van der Waals surface area contributed by atoms with Crippen LogP contribution in [0.4, 0.5) is 14.5 Å². The highest BCUT2D eigenvalue weighted by atomic mass is 19.2.